The molecule has 3 aromatic carbocycles. The summed E-state index contributed by atoms with van der Waals surface area (Å²) in [4.78, 5) is 52.9. The van der Waals surface area contributed by atoms with Gasteiger partial charge in [-0.1, -0.05) is 82.7 Å². The number of rotatable bonds is 21. The Morgan fingerprint density at radius 2 is 1.23 bits per heavy atom. The van der Waals surface area contributed by atoms with E-state index in [2.05, 4.69) is 6.92 Å². The number of hydrogen-bond donors (Lipinski definition) is 1. The number of carbonyl (C=O) groups is 4. The topological polar surface area (TPSA) is 125 Å². The van der Waals surface area contributed by atoms with E-state index in [1.807, 2.05) is 37.3 Å². The van der Waals surface area contributed by atoms with Gasteiger partial charge in [0, 0.05) is 37.8 Å². The fourth-order valence-electron chi connectivity index (χ4n) is 5.44. The number of hydrogen-bond acceptors (Lipinski definition) is 9. The number of phenols is 1. The normalized spacial score (nSPS) is 10.8. The molecule has 0 saturated carbocycles. The van der Waals surface area contributed by atoms with Crippen LogP contribution >= 0.6 is 0 Å². The first-order chi connectivity index (χ1) is 23.2. The SMILES string of the molecule is CCCCCCCC(=O)Cc1cc(OC(=O)c2c(O)cc(OC)cc2CC(=O)CCCCC)cc(OC)c1C(=O)OCc1ccccc1. The minimum absolute atomic E-state index is 0.00218. The van der Waals surface area contributed by atoms with Crippen LogP contribution in [0.2, 0.25) is 0 Å². The van der Waals surface area contributed by atoms with Gasteiger partial charge in [-0.05, 0) is 41.7 Å². The molecule has 0 aliphatic heterocycles. The molecule has 0 heterocycles. The van der Waals surface area contributed by atoms with Crippen molar-refractivity contribution in [1.29, 1.82) is 0 Å². The molecule has 1 N–H and O–H groups in total. The Balaban J connectivity index is 1.94. The quantitative estimate of drug-likeness (QED) is 0.0684. The van der Waals surface area contributed by atoms with Crippen molar-refractivity contribution in [2.75, 3.05) is 14.2 Å². The van der Waals surface area contributed by atoms with Crippen molar-refractivity contribution in [1.82, 2.24) is 0 Å². The summed E-state index contributed by atoms with van der Waals surface area (Å²) in [6.45, 7) is 4.19. The first-order valence-electron chi connectivity index (χ1n) is 16.8. The van der Waals surface area contributed by atoms with Crippen LogP contribution in [0.5, 0.6) is 23.0 Å². The molecule has 0 atom stereocenters. The second-order valence-corrected chi connectivity index (χ2v) is 11.8. The summed E-state index contributed by atoms with van der Waals surface area (Å²) in [5, 5.41) is 10.8. The summed E-state index contributed by atoms with van der Waals surface area (Å²) in [5.74, 6) is -1.81. The number of ether oxygens (including phenoxy) is 4. The van der Waals surface area contributed by atoms with Crippen LogP contribution in [0.4, 0.5) is 0 Å². The maximum atomic E-state index is 13.6. The largest absolute Gasteiger partial charge is 0.507 e. The summed E-state index contributed by atoms with van der Waals surface area (Å²) >= 11 is 0. The summed E-state index contributed by atoms with van der Waals surface area (Å²) in [7, 11) is 2.79. The lowest BCUT2D eigenvalue weighted by atomic mass is 9.97. The average molecular weight is 661 g/mol. The van der Waals surface area contributed by atoms with E-state index in [9.17, 15) is 24.3 Å². The highest BCUT2D eigenvalue weighted by atomic mass is 16.5. The van der Waals surface area contributed by atoms with Crippen LogP contribution in [0.1, 0.15) is 115 Å². The Labute approximate surface area is 283 Å². The highest BCUT2D eigenvalue weighted by Crippen LogP contribution is 2.34. The summed E-state index contributed by atoms with van der Waals surface area (Å²) in [5.41, 5.74) is 1.25. The van der Waals surface area contributed by atoms with E-state index in [1.54, 1.807) is 0 Å². The fourth-order valence-corrected chi connectivity index (χ4v) is 5.44. The van der Waals surface area contributed by atoms with E-state index in [-0.39, 0.29) is 65.0 Å². The van der Waals surface area contributed by atoms with Crippen LogP contribution in [-0.4, -0.2) is 42.8 Å². The van der Waals surface area contributed by atoms with E-state index in [0.717, 1.165) is 56.9 Å². The number of phenolic OH excluding ortho intramolecular Hbond substituents is 1. The van der Waals surface area contributed by atoms with Gasteiger partial charge in [0.2, 0.25) is 0 Å². The lowest BCUT2D eigenvalue weighted by Crippen LogP contribution is -2.16. The zero-order valence-corrected chi connectivity index (χ0v) is 28.6. The summed E-state index contributed by atoms with van der Waals surface area (Å²) < 4.78 is 22.2. The zero-order valence-electron chi connectivity index (χ0n) is 28.6. The van der Waals surface area contributed by atoms with Crippen molar-refractivity contribution < 1.29 is 43.2 Å². The smallest absolute Gasteiger partial charge is 0.347 e. The molecule has 48 heavy (non-hydrogen) atoms. The maximum absolute atomic E-state index is 13.6. The van der Waals surface area contributed by atoms with Crippen LogP contribution in [0, 0.1) is 0 Å². The Bertz CT molecular complexity index is 1530. The number of benzene rings is 3. The number of Topliss-reactive ketones (excluding diaryl/α,β-unsaturated/α-hetero) is 2. The number of unbranched alkanes of at least 4 members (excludes halogenated alkanes) is 6. The van der Waals surface area contributed by atoms with Gasteiger partial charge in [0.25, 0.3) is 0 Å². The molecule has 0 aromatic heterocycles. The molecule has 0 radical (unpaired) electrons. The summed E-state index contributed by atoms with van der Waals surface area (Å²) in [6.07, 6.45) is 8.00. The molecule has 9 nitrogen and oxygen atoms in total. The number of ketones is 2. The fraction of sp³-hybridized carbons (Fsp3) is 0.436. The van der Waals surface area contributed by atoms with Gasteiger partial charge < -0.3 is 24.1 Å². The molecule has 0 saturated heterocycles. The highest BCUT2D eigenvalue weighted by molar-refractivity contribution is 5.99. The van der Waals surface area contributed by atoms with Crippen LogP contribution in [0.3, 0.4) is 0 Å². The van der Waals surface area contributed by atoms with Gasteiger partial charge in [0.1, 0.15) is 52.3 Å². The molecule has 0 bridgehead atoms. The van der Waals surface area contributed by atoms with Gasteiger partial charge >= 0.3 is 11.9 Å². The lowest BCUT2D eigenvalue weighted by molar-refractivity contribution is -0.119. The summed E-state index contributed by atoms with van der Waals surface area (Å²) in [6, 6.07) is 14.8. The Kier molecular flexibility index (Phi) is 15.6. The van der Waals surface area contributed by atoms with Crippen LogP contribution in [-0.2, 0) is 33.8 Å². The van der Waals surface area contributed by atoms with Crippen molar-refractivity contribution in [2.45, 2.75) is 97.5 Å². The molecular formula is C39H48O9. The van der Waals surface area contributed by atoms with Crippen LogP contribution in [0.15, 0.2) is 54.6 Å². The number of esters is 2. The van der Waals surface area contributed by atoms with Gasteiger partial charge in [0.15, 0.2) is 0 Å². The number of aromatic hydroxyl groups is 1. The standard InChI is InChI=1S/C39H48O9/c1-5-7-9-10-15-19-31(41)21-29-23-33(25-35(46-4)37(29)38(43)47-26-27-16-13-11-14-17-27)48-39(44)36-28(20-30(40)18-12-8-6-2)22-32(45-3)24-34(36)42/h11,13-14,16-17,22-25,42H,5-10,12,15,18-21,26H2,1-4H3. The molecule has 9 heteroatoms. The lowest BCUT2D eigenvalue weighted by Gasteiger charge is -2.17. The van der Waals surface area contributed by atoms with Gasteiger partial charge in [-0.15, -0.1) is 0 Å². The molecule has 258 valence electrons. The Hall–Kier alpha value is -4.66. The van der Waals surface area contributed by atoms with E-state index in [0.29, 0.717) is 18.4 Å². The zero-order chi connectivity index (χ0) is 34.9. The van der Waals surface area contributed by atoms with Gasteiger partial charge in [0.05, 0.1) is 14.2 Å². The highest BCUT2D eigenvalue weighted by Gasteiger charge is 2.26. The molecule has 0 fully saturated rings. The predicted molar refractivity (Wildman–Crippen MR) is 183 cm³/mol. The molecule has 0 unspecified atom stereocenters. The molecule has 0 amide bonds. The van der Waals surface area contributed by atoms with Crippen molar-refractivity contribution in [3.63, 3.8) is 0 Å². The molecule has 3 rings (SSSR count). The third kappa shape index (κ3) is 11.5. The predicted octanol–water partition coefficient (Wildman–Crippen LogP) is 8.15. The van der Waals surface area contributed by atoms with Crippen molar-refractivity contribution in [2.24, 2.45) is 0 Å². The van der Waals surface area contributed by atoms with Crippen molar-refractivity contribution in [3.05, 3.63) is 82.4 Å². The monoisotopic (exact) mass is 660 g/mol. The van der Waals surface area contributed by atoms with E-state index >= 15 is 0 Å². The van der Waals surface area contributed by atoms with Gasteiger partial charge in [-0.25, -0.2) is 9.59 Å². The maximum Gasteiger partial charge on any atom is 0.347 e. The second kappa shape index (κ2) is 19.9. The molecule has 0 spiro atoms. The average Bonchev–Trinajstić information content (AvgIpc) is 3.07. The number of carbonyl (C=O) groups excluding carboxylic acids is 4. The molecule has 3 aromatic rings. The van der Waals surface area contributed by atoms with E-state index in [1.165, 1.54) is 38.5 Å². The Morgan fingerprint density at radius 3 is 1.85 bits per heavy atom. The Morgan fingerprint density at radius 1 is 0.646 bits per heavy atom. The first-order valence-corrected chi connectivity index (χ1v) is 16.8. The molecule has 0 aliphatic carbocycles. The second-order valence-electron chi connectivity index (χ2n) is 11.8. The molecule has 0 aliphatic rings. The van der Waals surface area contributed by atoms with Crippen molar-refractivity contribution in [3.8, 4) is 23.0 Å². The third-order valence-corrected chi connectivity index (χ3v) is 8.01. The van der Waals surface area contributed by atoms with Crippen LogP contribution < -0.4 is 14.2 Å². The van der Waals surface area contributed by atoms with Gasteiger partial charge in [-0.2, -0.15) is 0 Å². The minimum atomic E-state index is -0.916. The van der Waals surface area contributed by atoms with Crippen LogP contribution in [0.25, 0.3) is 0 Å². The van der Waals surface area contributed by atoms with E-state index in [4.69, 9.17) is 18.9 Å². The third-order valence-electron chi connectivity index (χ3n) is 8.01. The van der Waals surface area contributed by atoms with E-state index < -0.39 is 17.7 Å². The van der Waals surface area contributed by atoms with Gasteiger partial charge in [-0.3, -0.25) is 9.59 Å². The number of methoxy groups -OCH3 is 2. The van der Waals surface area contributed by atoms with Crippen molar-refractivity contribution >= 4 is 23.5 Å². The first kappa shape index (κ1) is 37.8. The molecular weight excluding hydrogens is 612 g/mol. The minimum Gasteiger partial charge on any atom is -0.507 e.